The van der Waals surface area contributed by atoms with E-state index in [1.807, 2.05) is 0 Å². The molecule has 0 aromatic rings. The fourth-order valence-corrected chi connectivity index (χ4v) is 2.76. The fourth-order valence-electron chi connectivity index (χ4n) is 2.76. The van der Waals surface area contributed by atoms with Crippen molar-refractivity contribution in [3.63, 3.8) is 0 Å². The lowest BCUT2D eigenvalue weighted by atomic mass is 10.0. The molecule has 0 N–H and O–H groups in total. The van der Waals surface area contributed by atoms with E-state index >= 15 is 0 Å². The molecule has 4 nitrogen and oxygen atoms in total. The summed E-state index contributed by atoms with van der Waals surface area (Å²) in [5, 5.41) is 0. The highest BCUT2D eigenvalue weighted by molar-refractivity contribution is 5.69. The Hall–Kier alpha value is -1.32. The van der Waals surface area contributed by atoms with Gasteiger partial charge in [-0.1, -0.05) is 25.7 Å². The first-order valence-electron chi connectivity index (χ1n) is 8.09. The van der Waals surface area contributed by atoms with E-state index in [1.165, 1.54) is 38.9 Å². The predicted octanol–water partition coefficient (Wildman–Crippen LogP) is 4.28. The number of carbonyl (C=O) groups is 2. The molecule has 1 aliphatic rings. The second-order valence-electron chi connectivity index (χ2n) is 5.67. The van der Waals surface area contributed by atoms with Gasteiger partial charge in [-0.25, -0.2) is 0 Å². The molecule has 0 saturated carbocycles. The average molecular weight is 296 g/mol. The number of methoxy groups -OCH3 is 1. The predicted molar refractivity (Wildman–Crippen MR) is 81.6 cm³/mol. The highest BCUT2D eigenvalue weighted by Crippen LogP contribution is 2.30. The van der Waals surface area contributed by atoms with Crippen LogP contribution in [0.4, 0.5) is 0 Å². The van der Waals surface area contributed by atoms with E-state index < -0.39 is 0 Å². The molecule has 0 aliphatic heterocycles. The van der Waals surface area contributed by atoms with Crippen molar-refractivity contribution in [1.82, 2.24) is 0 Å². The summed E-state index contributed by atoms with van der Waals surface area (Å²) in [6.45, 7) is 1.47. The third-order valence-corrected chi connectivity index (χ3v) is 3.88. The van der Waals surface area contributed by atoms with E-state index in [-0.39, 0.29) is 11.9 Å². The van der Waals surface area contributed by atoms with Crippen molar-refractivity contribution in [2.24, 2.45) is 0 Å². The van der Waals surface area contributed by atoms with E-state index in [0.717, 1.165) is 50.7 Å². The van der Waals surface area contributed by atoms with E-state index in [2.05, 4.69) is 4.74 Å². The monoisotopic (exact) mass is 296 g/mol. The van der Waals surface area contributed by atoms with Gasteiger partial charge in [-0.05, 0) is 37.7 Å². The lowest BCUT2D eigenvalue weighted by molar-refractivity contribution is -0.140. The maximum absolute atomic E-state index is 11.0. The van der Waals surface area contributed by atoms with Gasteiger partial charge in [0.15, 0.2) is 0 Å². The minimum atomic E-state index is -0.199. The van der Waals surface area contributed by atoms with Crippen LogP contribution in [0.5, 0.6) is 0 Å². The molecule has 0 saturated heterocycles. The molecule has 4 heteroatoms. The number of unbranched alkanes of at least 4 members (excludes halogenated alkanes) is 5. The summed E-state index contributed by atoms with van der Waals surface area (Å²) in [4.78, 5) is 21.9. The van der Waals surface area contributed by atoms with Crippen LogP contribution in [0.15, 0.2) is 11.3 Å². The van der Waals surface area contributed by atoms with Crippen LogP contribution in [-0.2, 0) is 19.1 Å². The zero-order valence-electron chi connectivity index (χ0n) is 13.4. The standard InChI is InChI=1S/C17H28O4/c1-14(18)21-16-12-9-11-15(16)10-7-5-3-4-6-8-13-17(19)20-2/h3-13H2,1-2H3. The van der Waals surface area contributed by atoms with Gasteiger partial charge in [0.25, 0.3) is 0 Å². The molecule has 0 amide bonds. The van der Waals surface area contributed by atoms with Crippen LogP contribution in [0.2, 0.25) is 0 Å². The summed E-state index contributed by atoms with van der Waals surface area (Å²) in [5.41, 5.74) is 1.34. The summed E-state index contributed by atoms with van der Waals surface area (Å²) in [6, 6.07) is 0. The number of esters is 2. The first-order chi connectivity index (χ1) is 10.1. The van der Waals surface area contributed by atoms with Gasteiger partial charge in [-0.3, -0.25) is 9.59 Å². The van der Waals surface area contributed by atoms with E-state index in [4.69, 9.17) is 4.74 Å². The van der Waals surface area contributed by atoms with Crippen LogP contribution in [0, 0.1) is 0 Å². The first kappa shape index (κ1) is 17.7. The Morgan fingerprint density at radius 1 is 1.00 bits per heavy atom. The molecule has 0 aromatic heterocycles. The molecule has 0 unspecified atom stereocenters. The van der Waals surface area contributed by atoms with Crippen LogP contribution in [-0.4, -0.2) is 19.0 Å². The molecule has 0 heterocycles. The Morgan fingerprint density at radius 3 is 2.33 bits per heavy atom. The van der Waals surface area contributed by atoms with Crippen molar-refractivity contribution >= 4 is 11.9 Å². The minimum Gasteiger partial charge on any atom is -0.469 e. The molecule has 1 rings (SSSR count). The molecule has 120 valence electrons. The van der Waals surface area contributed by atoms with Gasteiger partial charge in [0, 0.05) is 19.8 Å². The number of carbonyl (C=O) groups excluding carboxylic acids is 2. The Bertz CT molecular complexity index is 371. The number of hydrogen-bond acceptors (Lipinski definition) is 4. The first-order valence-corrected chi connectivity index (χ1v) is 8.09. The van der Waals surface area contributed by atoms with Crippen molar-refractivity contribution < 1.29 is 19.1 Å². The molecule has 0 bridgehead atoms. The molecule has 0 spiro atoms. The maximum Gasteiger partial charge on any atom is 0.307 e. The summed E-state index contributed by atoms with van der Waals surface area (Å²) in [7, 11) is 1.43. The van der Waals surface area contributed by atoms with Gasteiger partial charge in [-0.2, -0.15) is 0 Å². The average Bonchev–Trinajstić information content (AvgIpc) is 2.87. The molecule has 1 aliphatic carbocycles. The van der Waals surface area contributed by atoms with Crippen molar-refractivity contribution in [3.8, 4) is 0 Å². The topological polar surface area (TPSA) is 52.6 Å². The van der Waals surface area contributed by atoms with Crippen LogP contribution < -0.4 is 0 Å². The van der Waals surface area contributed by atoms with Gasteiger partial charge < -0.3 is 9.47 Å². The van der Waals surface area contributed by atoms with Crippen molar-refractivity contribution in [3.05, 3.63) is 11.3 Å². The third-order valence-electron chi connectivity index (χ3n) is 3.88. The van der Waals surface area contributed by atoms with Crippen LogP contribution in [0.1, 0.15) is 77.6 Å². The van der Waals surface area contributed by atoms with Gasteiger partial charge >= 0.3 is 11.9 Å². The number of hydrogen-bond donors (Lipinski definition) is 0. The maximum atomic E-state index is 11.0. The smallest absolute Gasteiger partial charge is 0.307 e. The van der Waals surface area contributed by atoms with Crippen molar-refractivity contribution in [1.29, 1.82) is 0 Å². The Balaban J connectivity index is 2.03. The number of ether oxygens (including phenoxy) is 2. The number of allylic oxidation sites excluding steroid dienone is 2. The molecular weight excluding hydrogens is 268 g/mol. The molecule has 0 aromatic carbocycles. The highest BCUT2D eigenvalue weighted by atomic mass is 16.5. The quantitative estimate of drug-likeness (QED) is 0.446. The molecular formula is C17H28O4. The van der Waals surface area contributed by atoms with Crippen molar-refractivity contribution in [2.45, 2.75) is 77.6 Å². The summed E-state index contributed by atoms with van der Waals surface area (Å²) in [5.74, 6) is 0.622. The van der Waals surface area contributed by atoms with Crippen LogP contribution in [0.25, 0.3) is 0 Å². The van der Waals surface area contributed by atoms with Crippen molar-refractivity contribution in [2.75, 3.05) is 7.11 Å². The Morgan fingerprint density at radius 2 is 1.67 bits per heavy atom. The largest absolute Gasteiger partial charge is 0.469 e. The van der Waals surface area contributed by atoms with Crippen LogP contribution in [0.3, 0.4) is 0 Å². The lowest BCUT2D eigenvalue weighted by Crippen LogP contribution is -1.99. The SMILES string of the molecule is COC(=O)CCCCCCCCC1=C(OC(C)=O)CCC1. The lowest BCUT2D eigenvalue weighted by Gasteiger charge is -2.07. The molecule has 21 heavy (non-hydrogen) atoms. The highest BCUT2D eigenvalue weighted by Gasteiger charge is 2.16. The zero-order chi connectivity index (χ0) is 15.5. The zero-order valence-corrected chi connectivity index (χ0v) is 13.4. The van der Waals surface area contributed by atoms with Gasteiger partial charge in [0.1, 0.15) is 5.76 Å². The Kier molecular flexibility index (Phi) is 8.79. The second-order valence-corrected chi connectivity index (χ2v) is 5.67. The summed E-state index contributed by atoms with van der Waals surface area (Å²) in [6.07, 6.45) is 11.5. The number of rotatable bonds is 10. The molecule has 0 radical (unpaired) electrons. The van der Waals surface area contributed by atoms with E-state index in [1.54, 1.807) is 0 Å². The van der Waals surface area contributed by atoms with Gasteiger partial charge in [0.2, 0.25) is 0 Å². The van der Waals surface area contributed by atoms with Gasteiger partial charge in [0.05, 0.1) is 7.11 Å². The van der Waals surface area contributed by atoms with Gasteiger partial charge in [-0.15, -0.1) is 0 Å². The van der Waals surface area contributed by atoms with E-state index in [0.29, 0.717) is 6.42 Å². The second kappa shape index (κ2) is 10.4. The van der Waals surface area contributed by atoms with E-state index in [9.17, 15) is 9.59 Å². The van der Waals surface area contributed by atoms with Crippen LogP contribution >= 0.6 is 0 Å². The summed E-state index contributed by atoms with van der Waals surface area (Å²) < 4.78 is 9.87. The molecule has 0 fully saturated rings. The minimum absolute atomic E-state index is 0.110. The normalized spacial score (nSPS) is 14.4. The fraction of sp³-hybridized carbons (Fsp3) is 0.765. The Labute approximate surface area is 127 Å². The molecule has 0 atom stereocenters. The third kappa shape index (κ3) is 7.88. The summed E-state index contributed by atoms with van der Waals surface area (Å²) >= 11 is 0.